The normalized spacial score (nSPS) is 35.3. The van der Waals surface area contributed by atoms with Crippen molar-refractivity contribution in [2.75, 3.05) is 26.4 Å². The highest BCUT2D eigenvalue weighted by atomic mass is 16.5. The van der Waals surface area contributed by atoms with Crippen LogP contribution in [0.3, 0.4) is 0 Å². The van der Waals surface area contributed by atoms with E-state index in [0.717, 1.165) is 26.4 Å². The third-order valence-electron chi connectivity index (χ3n) is 2.37. The summed E-state index contributed by atoms with van der Waals surface area (Å²) >= 11 is 0. The van der Waals surface area contributed by atoms with Crippen molar-refractivity contribution in [3.8, 4) is 0 Å². The first-order valence-electron chi connectivity index (χ1n) is 4.45. The molecule has 0 amide bonds. The summed E-state index contributed by atoms with van der Waals surface area (Å²) in [5, 5.41) is 0. The highest BCUT2D eigenvalue weighted by molar-refractivity contribution is 5.03. The lowest BCUT2D eigenvalue weighted by Crippen LogP contribution is -2.25. The average molecular weight is 166 g/mol. The molecule has 2 nitrogen and oxygen atoms in total. The molecule has 0 aliphatic carbocycles. The molecule has 2 aliphatic rings. The van der Waals surface area contributed by atoms with Gasteiger partial charge in [0.05, 0.1) is 26.4 Å². The zero-order valence-electron chi connectivity index (χ0n) is 7.11. The number of rotatable bonds is 1. The van der Waals surface area contributed by atoms with Gasteiger partial charge in [0.1, 0.15) is 0 Å². The maximum Gasteiger partial charge on any atom is 0.0647 e. The van der Waals surface area contributed by atoms with Crippen LogP contribution in [0, 0.1) is 11.8 Å². The van der Waals surface area contributed by atoms with Gasteiger partial charge >= 0.3 is 0 Å². The lowest BCUT2D eigenvalue weighted by atomic mass is 9.91. The van der Waals surface area contributed by atoms with Crippen LogP contribution in [-0.4, -0.2) is 26.4 Å². The summed E-state index contributed by atoms with van der Waals surface area (Å²) in [7, 11) is 0. The second-order valence-electron chi connectivity index (χ2n) is 3.26. The van der Waals surface area contributed by atoms with E-state index in [4.69, 9.17) is 9.47 Å². The second-order valence-corrected chi connectivity index (χ2v) is 3.26. The molecular formula is C10H14O2. The molecule has 0 spiro atoms. The van der Waals surface area contributed by atoms with Crippen molar-refractivity contribution in [2.45, 2.75) is 0 Å². The minimum atomic E-state index is 0.523. The highest BCUT2D eigenvalue weighted by Gasteiger charge is 2.20. The molecule has 2 heterocycles. The first-order valence-corrected chi connectivity index (χ1v) is 4.45. The Bertz CT molecular complexity index is 174. The molecule has 0 saturated heterocycles. The monoisotopic (exact) mass is 166 g/mol. The van der Waals surface area contributed by atoms with Crippen LogP contribution in [0.15, 0.2) is 24.3 Å². The van der Waals surface area contributed by atoms with E-state index in [1.165, 1.54) is 0 Å². The minimum absolute atomic E-state index is 0.523. The number of hydrogen-bond acceptors (Lipinski definition) is 2. The van der Waals surface area contributed by atoms with Crippen LogP contribution in [0.2, 0.25) is 0 Å². The van der Waals surface area contributed by atoms with Crippen molar-refractivity contribution in [3.05, 3.63) is 24.3 Å². The molecule has 0 aromatic rings. The fraction of sp³-hybridized carbons (Fsp3) is 0.600. The van der Waals surface area contributed by atoms with E-state index >= 15 is 0 Å². The molecule has 2 rings (SSSR count). The van der Waals surface area contributed by atoms with Crippen molar-refractivity contribution >= 4 is 0 Å². The molecule has 0 unspecified atom stereocenters. The fourth-order valence-electron chi connectivity index (χ4n) is 1.65. The number of ether oxygens (including phenoxy) is 2. The Hall–Kier alpha value is -0.600. The predicted octanol–water partition coefficient (Wildman–Crippen LogP) is 1.39. The van der Waals surface area contributed by atoms with Gasteiger partial charge in [-0.2, -0.15) is 0 Å². The van der Waals surface area contributed by atoms with E-state index in [1.54, 1.807) is 0 Å². The van der Waals surface area contributed by atoms with E-state index in [2.05, 4.69) is 24.3 Å². The second kappa shape index (κ2) is 3.87. The van der Waals surface area contributed by atoms with Crippen molar-refractivity contribution in [1.29, 1.82) is 0 Å². The summed E-state index contributed by atoms with van der Waals surface area (Å²) in [6.45, 7) is 3.23. The SMILES string of the molecule is C1=C[C@@H]([C@H]2C=CCOC2)COC1. The van der Waals surface area contributed by atoms with Crippen LogP contribution in [0.5, 0.6) is 0 Å². The molecule has 2 heteroatoms. The predicted molar refractivity (Wildman–Crippen MR) is 46.9 cm³/mol. The molecule has 0 aromatic carbocycles. The molecule has 0 N–H and O–H groups in total. The van der Waals surface area contributed by atoms with E-state index in [0.29, 0.717) is 11.8 Å². The van der Waals surface area contributed by atoms with Crippen molar-refractivity contribution in [1.82, 2.24) is 0 Å². The molecule has 2 aliphatic heterocycles. The van der Waals surface area contributed by atoms with Crippen LogP contribution >= 0.6 is 0 Å². The Morgan fingerprint density at radius 1 is 0.833 bits per heavy atom. The summed E-state index contributed by atoms with van der Waals surface area (Å²) in [6.07, 6.45) is 8.67. The molecule has 12 heavy (non-hydrogen) atoms. The van der Waals surface area contributed by atoms with Crippen LogP contribution in [0.25, 0.3) is 0 Å². The summed E-state index contributed by atoms with van der Waals surface area (Å²) in [4.78, 5) is 0. The van der Waals surface area contributed by atoms with E-state index in [9.17, 15) is 0 Å². The topological polar surface area (TPSA) is 18.5 Å². The molecular weight excluding hydrogens is 152 g/mol. The molecule has 0 saturated carbocycles. The quantitative estimate of drug-likeness (QED) is 0.548. The molecule has 66 valence electrons. The lowest BCUT2D eigenvalue weighted by molar-refractivity contribution is 0.0656. The summed E-state index contributed by atoms with van der Waals surface area (Å²) in [6, 6.07) is 0. The van der Waals surface area contributed by atoms with E-state index in [1.807, 2.05) is 0 Å². The van der Waals surface area contributed by atoms with Crippen LogP contribution < -0.4 is 0 Å². The third kappa shape index (κ3) is 1.76. The van der Waals surface area contributed by atoms with Crippen LogP contribution in [0.4, 0.5) is 0 Å². The Morgan fingerprint density at radius 2 is 1.33 bits per heavy atom. The smallest absolute Gasteiger partial charge is 0.0647 e. The number of hydrogen-bond donors (Lipinski definition) is 0. The van der Waals surface area contributed by atoms with Gasteiger partial charge in [0.2, 0.25) is 0 Å². The summed E-state index contributed by atoms with van der Waals surface area (Å²) in [5.74, 6) is 1.05. The van der Waals surface area contributed by atoms with Gasteiger partial charge in [0.15, 0.2) is 0 Å². The van der Waals surface area contributed by atoms with Gasteiger partial charge in [-0.1, -0.05) is 24.3 Å². The average Bonchev–Trinajstić information content (AvgIpc) is 2.21. The third-order valence-corrected chi connectivity index (χ3v) is 2.37. The van der Waals surface area contributed by atoms with Gasteiger partial charge < -0.3 is 9.47 Å². The summed E-state index contributed by atoms with van der Waals surface area (Å²) < 4.78 is 10.7. The zero-order valence-corrected chi connectivity index (χ0v) is 7.11. The Labute approximate surface area is 72.9 Å². The van der Waals surface area contributed by atoms with E-state index in [-0.39, 0.29) is 0 Å². The Balaban J connectivity index is 1.97. The molecule has 0 radical (unpaired) electrons. The lowest BCUT2D eigenvalue weighted by Gasteiger charge is -2.26. The maximum atomic E-state index is 5.36. The zero-order chi connectivity index (χ0) is 8.23. The van der Waals surface area contributed by atoms with Gasteiger partial charge in [-0.05, 0) is 0 Å². The van der Waals surface area contributed by atoms with Gasteiger partial charge in [-0.25, -0.2) is 0 Å². The van der Waals surface area contributed by atoms with E-state index < -0.39 is 0 Å². The van der Waals surface area contributed by atoms with Crippen molar-refractivity contribution in [2.24, 2.45) is 11.8 Å². The Morgan fingerprint density at radius 3 is 1.67 bits per heavy atom. The molecule has 2 atom stereocenters. The van der Waals surface area contributed by atoms with Gasteiger partial charge in [0, 0.05) is 11.8 Å². The highest BCUT2D eigenvalue weighted by Crippen LogP contribution is 2.21. The Kier molecular flexibility index (Phi) is 2.59. The largest absolute Gasteiger partial charge is 0.377 e. The maximum absolute atomic E-state index is 5.36. The van der Waals surface area contributed by atoms with Gasteiger partial charge in [-0.3, -0.25) is 0 Å². The standard InChI is InChI=1S/C10H14O2/c1-3-9(7-11-5-1)10-4-2-6-12-8-10/h1-4,9-10H,5-8H2/t9-,10+. The molecule has 0 aromatic heterocycles. The first kappa shape index (κ1) is 8.02. The van der Waals surface area contributed by atoms with Crippen molar-refractivity contribution < 1.29 is 9.47 Å². The van der Waals surface area contributed by atoms with Crippen LogP contribution in [0.1, 0.15) is 0 Å². The molecule has 0 bridgehead atoms. The molecule has 0 fully saturated rings. The fourth-order valence-corrected chi connectivity index (χ4v) is 1.65. The van der Waals surface area contributed by atoms with Gasteiger partial charge in [-0.15, -0.1) is 0 Å². The summed E-state index contributed by atoms with van der Waals surface area (Å²) in [5.41, 5.74) is 0. The first-order chi connectivity index (χ1) is 5.97. The van der Waals surface area contributed by atoms with Gasteiger partial charge in [0.25, 0.3) is 0 Å². The minimum Gasteiger partial charge on any atom is -0.377 e. The van der Waals surface area contributed by atoms with Crippen molar-refractivity contribution in [3.63, 3.8) is 0 Å². The van der Waals surface area contributed by atoms with Crippen LogP contribution in [-0.2, 0) is 9.47 Å².